The molecule has 2 N–H and O–H groups in total. The van der Waals surface area contributed by atoms with Crippen molar-refractivity contribution in [3.63, 3.8) is 0 Å². The van der Waals surface area contributed by atoms with Gasteiger partial charge in [-0.15, -0.1) is 0 Å². The molecule has 0 aliphatic rings. The summed E-state index contributed by atoms with van der Waals surface area (Å²) in [6.45, 7) is 5.52. The van der Waals surface area contributed by atoms with Gasteiger partial charge in [-0.1, -0.05) is 0 Å². The highest BCUT2D eigenvalue weighted by Gasteiger charge is 2.19. The van der Waals surface area contributed by atoms with E-state index in [9.17, 15) is 14.9 Å². The van der Waals surface area contributed by atoms with Crippen LogP contribution in [0.1, 0.15) is 20.8 Å². The molecule has 0 radical (unpaired) electrons. The number of amides is 1. The molecule has 1 aromatic rings. The molecular formula is C11H15BrN4O3. The summed E-state index contributed by atoms with van der Waals surface area (Å²) in [5, 5.41) is 16.4. The number of carbonyl (C=O) groups is 1. The number of aromatic nitrogens is 1. The number of nitrogens with one attached hydrogen (secondary N) is 2. The summed E-state index contributed by atoms with van der Waals surface area (Å²) in [6, 6.07) is 0. The van der Waals surface area contributed by atoms with Crippen LogP contribution in [0.4, 0.5) is 11.4 Å². The molecule has 8 heteroatoms. The lowest BCUT2D eigenvalue weighted by Gasteiger charge is -2.20. The third-order valence-electron chi connectivity index (χ3n) is 2.02. The van der Waals surface area contributed by atoms with Crippen LogP contribution < -0.4 is 10.6 Å². The standard InChI is InChI=1S/C11H15BrN4O3/c1-11(2,3)15-9(17)6-14-10-7(12)4-13-5-8(10)16(18)19/h4-5H,6H2,1-3H3,(H,13,14)(H,15,17). The molecule has 0 saturated heterocycles. The van der Waals surface area contributed by atoms with Crippen molar-refractivity contribution in [1.82, 2.24) is 10.3 Å². The fourth-order valence-electron chi connectivity index (χ4n) is 1.37. The molecule has 7 nitrogen and oxygen atoms in total. The quantitative estimate of drug-likeness (QED) is 0.650. The van der Waals surface area contributed by atoms with E-state index in [2.05, 4.69) is 31.5 Å². The van der Waals surface area contributed by atoms with Crippen LogP contribution in [0.2, 0.25) is 0 Å². The van der Waals surface area contributed by atoms with Gasteiger partial charge < -0.3 is 10.6 Å². The first-order chi connectivity index (χ1) is 8.70. The lowest BCUT2D eigenvalue weighted by Crippen LogP contribution is -2.43. The molecule has 1 aromatic heterocycles. The average Bonchev–Trinajstić information content (AvgIpc) is 2.24. The van der Waals surface area contributed by atoms with Crippen LogP contribution in [0.3, 0.4) is 0 Å². The molecule has 1 heterocycles. The minimum Gasteiger partial charge on any atom is -0.370 e. The summed E-state index contributed by atoms with van der Waals surface area (Å²) < 4.78 is 0.435. The Morgan fingerprint density at radius 2 is 2.11 bits per heavy atom. The van der Waals surface area contributed by atoms with Gasteiger partial charge in [-0.05, 0) is 36.7 Å². The van der Waals surface area contributed by atoms with Crippen molar-refractivity contribution >= 4 is 33.2 Å². The SMILES string of the molecule is CC(C)(C)NC(=O)CNc1c(Br)cncc1[N+](=O)[O-]. The molecule has 0 aliphatic carbocycles. The lowest BCUT2D eigenvalue weighted by atomic mass is 10.1. The number of anilines is 1. The van der Waals surface area contributed by atoms with Gasteiger partial charge in [0.25, 0.3) is 0 Å². The van der Waals surface area contributed by atoms with Gasteiger partial charge in [-0.3, -0.25) is 19.9 Å². The highest BCUT2D eigenvalue weighted by molar-refractivity contribution is 9.10. The van der Waals surface area contributed by atoms with Gasteiger partial charge in [0.05, 0.1) is 15.9 Å². The van der Waals surface area contributed by atoms with Crippen LogP contribution in [-0.4, -0.2) is 27.9 Å². The summed E-state index contributed by atoms with van der Waals surface area (Å²) >= 11 is 3.17. The summed E-state index contributed by atoms with van der Waals surface area (Å²) in [6.07, 6.45) is 2.56. The van der Waals surface area contributed by atoms with E-state index in [1.54, 1.807) is 0 Å². The first-order valence-corrected chi connectivity index (χ1v) is 6.33. The van der Waals surface area contributed by atoms with Gasteiger partial charge in [-0.2, -0.15) is 0 Å². The highest BCUT2D eigenvalue weighted by Crippen LogP contribution is 2.30. The van der Waals surface area contributed by atoms with Crippen LogP contribution in [0.15, 0.2) is 16.9 Å². The maximum absolute atomic E-state index is 11.7. The second-order valence-corrected chi connectivity index (χ2v) is 5.78. The molecule has 0 aromatic carbocycles. The van der Waals surface area contributed by atoms with Crippen LogP contribution in [-0.2, 0) is 4.79 Å². The third kappa shape index (κ3) is 4.82. The molecule has 0 spiro atoms. The Morgan fingerprint density at radius 1 is 1.47 bits per heavy atom. The second-order valence-electron chi connectivity index (χ2n) is 4.92. The molecule has 0 saturated carbocycles. The zero-order chi connectivity index (χ0) is 14.6. The number of halogens is 1. The maximum atomic E-state index is 11.7. The zero-order valence-electron chi connectivity index (χ0n) is 10.9. The van der Waals surface area contributed by atoms with Crippen molar-refractivity contribution in [2.75, 3.05) is 11.9 Å². The topological polar surface area (TPSA) is 97.2 Å². The smallest absolute Gasteiger partial charge is 0.311 e. The van der Waals surface area contributed by atoms with Gasteiger partial charge in [0.1, 0.15) is 11.9 Å². The van der Waals surface area contributed by atoms with Crippen molar-refractivity contribution in [1.29, 1.82) is 0 Å². The Morgan fingerprint density at radius 3 is 2.63 bits per heavy atom. The second kappa shape index (κ2) is 5.96. The molecule has 0 bridgehead atoms. The van der Waals surface area contributed by atoms with E-state index in [1.807, 2.05) is 20.8 Å². The van der Waals surface area contributed by atoms with Crippen LogP contribution in [0, 0.1) is 10.1 Å². The zero-order valence-corrected chi connectivity index (χ0v) is 12.4. The maximum Gasteiger partial charge on any atom is 0.311 e. The van der Waals surface area contributed by atoms with Crippen molar-refractivity contribution < 1.29 is 9.72 Å². The average molecular weight is 331 g/mol. The highest BCUT2D eigenvalue weighted by atomic mass is 79.9. The fourth-order valence-corrected chi connectivity index (χ4v) is 1.83. The molecular weight excluding hydrogens is 316 g/mol. The van der Waals surface area contributed by atoms with E-state index in [4.69, 9.17) is 0 Å². The molecule has 104 valence electrons. The van der Waals surface area contributed by atoms with E-state index >= 15 is 0 Å². The number of pyridine rings is 1. The summed E-state index contributed by atoms with van der Waals surface area (Å²) in [5.41, 5.74) is -0.290. The summed E-state index contributed by atoms with van der Waals surface area (Å²) in [4.78, 5) is 25.7. The Labute approximate surface area is 119 Å². The van der Waals surface area contributed by atoms with Crippen molar-refractivity contribution in [2.45, 2.75) is 26.3 Å². The largest absolute Gasteiger partial charge is 0.370 e. The van der Waals surface area contributed by atoms with E-state index in [-0.39, 0.29) is 29.4 Å². The summed E-state index contributed by atoms with van der Waals surface area (Å²) in [7, 11) is 0. The molecule has 0 fully saturated rings. The normalized spacial score (nSPS) is 10.9. The molecule has 0 atom stereocenters. The number of hydrogen-bond donors (Lipinski definition) is 2. The van der Waals surface area contributed by atoms with Gasteiger partial charge >= 0.3 is 5.69 Å². The monoisotopic (exact) mass is 330 g/mol. The summed E-state index contributed by atoms with van der Waals surface area (Å²) in [5.74, 6) is -0.245. The number of nitro groups is 1. The Bertz CT molecular complexity index is 499. The van der Waals surface area contributed by atoms with E-state index in [0.29, 0.717) is 4.47 Å². The van der Waals surface area contributed by atoms with Crippen molar-refractivity contribution in [2.24, 2.45) is 0 Å². The first kappa shape index (κ1) is 15.4. The number of nitrogens with zero attached hydrogens (tertiary/aromatic N) is 2. The Kier molecular flexibility index (Phi) is 4.82. The predicted octanol–water partition coefficient (Wildman–Crippen LogP) is 2.08. The van der Waals surface area contributed by atoms with Crippen molar-refractivity contribution in [3.8, 4) is 0 Å². The van der Waals surface area contributed by atoms with Gasteiger partial charge in [0.15, 0.2) is 0 Å². The molecule has 0 unspecified atom stereocenters. The Hall–Kier alpha value is -1.70. The third-order valence-corrected chi connectivity index (χ3v) is 2.62. The van der Waals surface area contributed by atoms with E-state index in [0.717, 1.165) is 6.20 Å². The Balaban J connectivity index is 2.78. The van der Waals surface area contributed by atoms with Gasteiger partial charge in [0, 0.05) is 11.7 Å². The number of hydrogen-bond acceptors (Lipinski definition) is 5. The minimum absolute atomic E-state index is 0.0548. The van der Waals surface area contributed by atoms with Gasteiger partial charge in [0.2, 0.25) is 5.91 Å². The van der Waals surface area contributed by atoms with Crippen molar-refractivity contribution in [3.05, 3.63) is 27.0 Å². The lowest BCUT2D eigenvalue weighted by molar-refractivity contribution is -0.384. The predicted molar refractivity (Wildman–Crippen MR) is 75.0 cm³/mol. The van der Waals surface area contributed by atoms with Crippen LogP contribution in [0.5, 0.6) is 0 Å². The molecule has 1 amide bonds. The van der Waals surface area contributed by atoms with Crippen LogP contribution in [0.25, 0.3) is 0 Å². The fraction of sp³-hybridized carbons (Fsp3) is 0.455. The number of rotatable bonds is 4. The van der Waals surface area contributed by atoms with Gasteiger partial charge in [-0.25, -0.2) is 0 Å². The first-order valence-electron chi connectivity index (χ1n) is 5.53. The van der Waals surface area contributed by atoms with E-state index < -0.39 is 4.92 Å². The molecule has 19 heavy (non-hydrogen) atoms. The number of carbonyl (C=O) groups excluding carboxylic acids is 1. The molecule has 1 rings (SSSR count). The minimum atomic E-state index is -0.554. The van der Waals surface area contributed by atoms with Crippen LogP contribution >= 0.6 is 15.9 Å². The molecule has 0 aliphatic heterocycles. The van der Waals surface area contributed by atoms with E-state index in [1.165, 1.54) is 6.20 Å².